The van der Waals surface area contributed by atoms with E-state index in [1.165, 1.54) is 17.7 Å². The quantitative estimate of drug-likeness (QED) is 0.854. The maximum Gasteiger partial charge on any atom is 0.146 e. The van der Waals surface area contributed by atoms with Crippen LogP contribution in [0.1, 0.15) is 36.2 Å². The molecule has 3 rings (SSSR count). The van der Waals surface area contributed by atoms with Crippen LogP contribution < -0.4 is 10.2 Å². The first-order valence-corrected chi connectivity index (χ1v) is 8.32. The van der Waals surface area contributed by atoms with Gasteiger partial charge in [0.15, 0.2) is 0 Å². The number of rotatable bonds is 6. The lowest BCUT2D eigenvalue weighted by Gasteiger charge is -2.25. The summed E-state index contributed by atoms with van der Waals surface area (Å²) < 4.78 is 14.5. The lowest BCUT2D eigenvalue weighted by molar-refractivity contribution is 0.600. The normalized spacial score (nSPS) is 16.0. The first-order chi connectivity index (χ1) is 10.2. The molecule has 0 saturated heterocycles. The molecule has 1 aliphatic carbocycles. The molecule has 1 heterocycles. The molecule has 0 bridgehead atoms. The second-order valence-electron chi connectivity index (χ2n) is 5.66. The van der Waals surface area contributed by atoms with Gasteiger partial charge in [-0.3, -0.25) is 0 Å². The van der Waals surface area contributed by atoms with Crippen molar-refractivity contribution in [3.8, 4) is 0 Å². The molecule has 21 heavy (non-hydrogen) atoms. The molecule has 0 spiro atoms. The molecule has 1 aliphatic rings. The number of hydrogen-bond donors (Lipinski definition) is 1. The molecule has 0 amide bonds. The van der Waals surface area contributed by atoms with E-state index in [1.807, 2.05) is 26.1 Å². The van der Waals surface area contributed by atoms with Gasteiger partial charge in [-0.05, 0) is 56.0 Å². The van der Waals surface area contributed by atoms with Gasteiger partial charge < -0.3 is 10.2 Å². The predicted molar refractivity (Wildman–Crippen MR) is 87.4 cm³/mol. The van der Waals surface area contributed by atoms with Crippen molar-refractivity contribution >= 4 is 17.0 Å². The molecular weight excluding hydrogens is 283 g/mol. The van der Waals surface area contributed by atoms with E-state index in [9.17, 15) is 4.39 Å². The van der Waals surface area contributed by atoms with Gasteiger partial charge in [0.2, 0.25) is 0 Å². The highest BCUT2D eigenvalue weighted by atomic mass is 32.1. The minimum absolute atomic E-state index is 0.113. The van der Waals surface area contributed by atoms with Gasteiger partial charge in [-0.25, -0.2) is 4.39 Å². The van der Waals surface area contributed by atoms with Crippen LogP contribution in [0.3, 0.4) is 0 Å². The third-order valence-corrected chi connectivity index (χ3v) is 4.97. The summed E-state index contributed by atoms with van der Waals surface area (Å²) in [6.07, 6.45) is 2.33. The van der Waals surface area contributed by atoms with E-state index in [2.05, 4.69) is 27.7 Å². The Bertz CT molecular complexity index is 593. The van der Waals surface area contributed by atoms with Crippen LogP contribution in [0.25, 0.3) is 0 Å². The van der Waals surface area contributed by atoms with E-state index in [0.717, 1.165) is 17.8 Å². The Morgan fingerprint density at radius 2 is 2.19 bits per heavy atom. The fourth-order valence-corrected chi connectivity index (χ4v) is 3.26. The number of nitrogens with one attached hydrogen (secondary N) is 1. The number of halogens is 1. The van der Waals surface area contributed by atoms with Crippen LogP contribution in [-0.4, -0.2) is 13.1 Å². The number of thiophene rings is 1. The Labute approximate surface area is 129 Å². The average molecular weight is 304 g/mol. The fraction of sp³-hybridized carbons (Fsp3) is 0.412. The molecule has 1 saturated carbocycles. The molecule has 1 N–H and O–H groups in total. The highest BCUT2D eigenvalue weighted by molar-refractivity contribution is 7.09. The number of nitrogens with zero attached hydrogens (tertiary/aromatic N) is 1. The minimum Gasteiger partial charge on any atom is -0.361 e. The third-order valence-electron chi connectivity index (χ3n) is 4.11. The Kier molecular flexibility index (Phi) is 4.27. The van der Waals surface area contributed by atoms with Crippen molar-refractivity contribution in [1.29, 1.82) is 0 Å². The van der Waals surface area contributed by atoms with Gasteiger partial charge in [-0.1, -0.05) is 12.1 Å². The highest BCUT2D eigenvalue weighted by Crippen LogP contribution is 2.35. The summed E-state index contributed by atoms with van der Waals surface area (Å²) in [7, 11) is 1.89. The highest BCUT2D eigenvalue weighted by Gasteiger charge is 2.31. The molecule has 112 valence electrons. The van der Waals surface area contributed by atoms with E-state index >= 15 is 0 Å². The van der Waals surface area contributed by atoms with Crippen molar-refractivity contribution in [3.05, 3.63) is 52.0 Å². The standard InChI is InChI=1S/C17H21FN2S/c1-12(19-2)13-5-8-17(16(18)10-13)20(14-6-7-14)11-15-4-3-9-21-15/h3-5,8-10,12,14,19H,6-7,11H2,1-2H3. The van der Waals surface area contributed by atoms with E-state index in [1.54, 1.807) is 17.4 Å². The van der Waals surface area contributed by atoms with Crippen molar-refractivity contribution in [2.45, 2.75) is 38.4 Å². The van der Waals surface area contributed by atoms with E-state index < -0.39 is 0 Å². The minimum atomic E-state index is -0.113. The zero-order valence-corrected chi connectivity index (χ0v) is 13.3. The summed E-state index contributed by atoms with van der Waals surface area (Å²) in [5.41, 5.74) is 1.73. The first kappa shape index (κ1) is 14.5. The molecule has 1 atom stereocenters. The Morgan fingerprint density at radius 1 is 1.38 bits per heavy atom. The summed E-state index contributed by atoms with van der Waals surface area (Å²) in [6.45, 7) is 2.85. The Balaban J connectivity index is 1.85. The summed E-state index contributed by atoms with van der Waals surface area (Å²) in [5, 5.41) is 5.23. The smallest absolute Gasteiger partial charge is 0.146 e. The van der Waals surface area contributed by atoms with Crippen molar-refractivity contribution in [1.82, 2.24) is 5.32 Å². The zero-order chi connectivity index (χ0) is 14.8. The van der Waals surface area contributed by atoms with Crippen molar-refractivity contribution in [2.75, 3.05) is 11.9 Å². The second-order valence-corrected chi connectivity index (χ2v) is 6.69. The van der Waals surface area contributed by atoms with Crippen LogP contribution in [-0.2, 0) is 6.54 Å². The molecule has 2 nitrogen and oxygen atoms in total. The Morgan fingerprint density at radius 3 is 2.76 bits per heavy atom. The monoisotopic (exact) mass is 304 g/mol. The molecule has 0 radical (unpaired) electrons. The Hall–Kier alpha value is -1.39. The molecule has 1 aromatic heterocycles. The van der Waals surface area contributed by atoms with Gasteiger partial charge in [0.25, 0.3) is 0 Å². The molecular formula is C17H21FN2S. The van der Waals surface area contributed by atoms with Crippen LogP contribution in [0.5, 0.6) is 0 Å². The van der Waals surface area contributed by atoms with Crippen LogP contribution in [0.4, 0.5) is 10.1 Å². The lowest BCUT2D eigenvalue weighted by Crippen LogP contribution is -2.25. The lowest BCUT2D eigenvalue weighted by atomic mass is 10.1. The van der Waals surface area contributed by atoms with Crippen LogP contribution in [0.2, 0.25) is 0 Å². The predicted octanol–water partition coefficient (Wildman–Crippen LogP) is 4.34. The topological polar surface area (TPSA) is 15.3 Å². The van der Waals surface area contributed by atoms with E-state index in [0.29, 0.717) is 6.04 Å². The van der Waals surface area contributed by atoms with Gasteiger partial charge in [-0.15, -0.1) is 11.3 Å². The van der Waals surface area contributed by atoms with Gasteiger partial charge in [-0.2, -0.15) is 0 Å². The van der Waals surface area contributed by atoms with Crippen molar-refractivity contribution in [3.63, 3.8) is 0 Å². The van der Waals surface area contributed by atoms with E-state index in [-0.39, 0.29) is 11.9 Å². The number of anilines is 1. The SMILES string of the molecule is CNC(C)c1ccc(N(Cc2cccs2)C2CC2)c(F)c1. The number of hydrogen-bond acceptors (Lipinski definition) is 3. The molecule has 1 fully saturated rings. The molecule has 2 aromatic rings. The van der Waals surface area contributed by atoms with Crippen molar-refractivity contribution < 1.29 is 4.39 Å². The van der Waals surface area contributed by atoms with Gasteiger partial charge in [0.05, 0.1) is 12.2 Å². The molecule has 4 heteroatoms. The van der Waals surface area contributed by atoms with Gasteiger partial charge >= 0.3 is 0 Å². The summed E-state index contributed by atoms with van der Waals surface area (Å²) in [5.74, 6) is -0.113. The summed E-state index contributed by atoms with van der Waals surface area (Å²) in [6, 6.07) is 10.5. The number of benzene rings is 1. The second kappa shape index (κ2) is 6.16. The fourth-order valence-electron chi connectivity index (χ4n) is 2.56. The summed E-state index contributed by atoms with van der Waals surface area (Å²) >= 11 is 1.73. The van der Waals surface area contributed by atoms with Crippen LogP contribution in [0.15, 0.2) is 35.7 Å². The maximum atomic E-state index is 14.5. The van der Waals surface area contributed by atoms with E-state index in [4.69, 9.17) is 0 Å². The molecule has 0 aliphatic heterocycles. The van der Waals surface area contributed by atoms with Crippen LogP contribution >= 0.6 is 11.3 Å². The van der Waals surface area contributed by atoms with Crippen LogP contribution in [0, 0.1) is 5.82 Å². The third kappa shape index (κ3) is 3.27. The average Bonchev–Trinajstić information content (AvgIpc) is 3.21. The van der Waals surface area contributed by atoms with Crippen molar-refractivity contribution in [2.24, 2.45) is 0 Å². The zero-order valence-electron chi connectivity index (χ0n) is 12.5. The largest absolute Gasteiger partial charge is 0.361 e. The summed E-state index contributed by atoms with van der Waals surface area (Å²) in [4.78, 5) is 3.50. The maximum absolute atomic E-state index is 14.5. The first-order valence-electron chi connectivity index (χ1n) is 7.44. The molecule has 1 aromatic carbocycles. The van der Waals surface area contributed by atoms with Gasteiger partial charge in [0, 0.05) is 17.0 Å². The van der Waals surface area contributed by atoms with Gasteiger partial charge in [0.1, 0.15) is 5.82 Å². The molecule has 1 unspecified atom stereocenters.